The van der Waals surface area contributed by atoms with Gasteiger partial charge in [-0.2, -0.15) is 0 Å². The third kappa shape index (κ3) is 5.17. The van der Waals surface area contributed by atoms with Crippen LogP contribution >= 0.6 is 0 Å². The van der Waals surface area contributed by atoms with Gasteiger partial charge >= 0.3 is 0 Å². The third-order valence-corrected chi connectivity index (χ3v) is 3.96. The molecule has 5 nitrogen and oxygen atoms in total. The molecule has 0 aromatic carbocycles. The van der Waals surface area contributed by atoms with Gasteiger partial charge in [0.15, 0.2) is 0 Å². The van der Waals surface area contributed by atoms with Crippen molar-refractivity contribution in [3.8, 4) is 0 Å². The van der Waals surface area contributed by atoms with Gasteiger partial charge in [-0.1, -0.05) is 6.42 Å². The molecule has 0 radical (unpaired) electrons. The molecule has 0 saturated carbocycles. The molecular formula is C16H27N3O2. The van der Waals surface area contributed by atoms with Crippen LogP contribution in [0.5, 0.6) is 0 Å². The number of amides is 1. The second-order valence-electron chi connectivity index (χ2n) is 6.11. The van der Waals surface area contributed by atoms with Gasteiger partial charge in [-0.15, -0.1) is 0 Å². The van der Waals surface area contributed by atoms with E-state index in [1.807, 2.05) is 33.2 Å². The molecule has 1 fully saturated rings. The van der Waals surface area contributed by atoms with Crippen LogP contribution < -0.4 is 5.32 Å². The number of hydrogen-bond acceptors (Lipinski definition) is 4. The number of likely N-dealkylation sites (N-methyl/N-ethyl adjacent to an activating group) is 2. The van der Waals surface area contributed by atoms with E-state index in [9.17, 15) is 4.79 Å². The minimum Gasteiger partial charge on any atom is -0.464 e. The van der Waals surface area contributed by atoms with E-state index in [4.69, 9.17) is 4.42 Å². The summed E-state index contributed by atoms with van der Waals surface area (Å²) in [6, 6.07) is 4.37. The topological polar surface area (TPSA) is 48.7 Å². The molecule has 5 heteroatoms. The second-order valence-corrected chi connectivity index (χ2v) is 6.11. The number of aryl methyl sites for hydroxylation is 1. The van der Waals surface area contributed by atoms with Crippen molar-refractivity contribution in [2.24, 2.45) is 0 Å². The molecule has 21 heavy (non-hydrogen) atoms. The van der Waals surface area contributed by atoms with Crippen molar-refractivity contribution < 1.29 is 9.21 Å². The maximum absolute atomic E-state index is 12.2. The van der Waals surface area contributed by atoms with E-state index in [0.717, 1.165) is 24.6 Å². The number of piperidine rings is 1. The van der Waals surface area contributed by atoms with Crippen LogP contribution in [0.15, 0.2) is 16.5 Å². The molecule has 2 heterocycles. The summed E-state index contributed by atoms with van der Waals surface area (Å²) < 4.78 is 5.51. The lowest BCUT2D eigenvalue weighted by Gasteiger charge is -2.28. The van der Waals surface area contributed by atoms with Crippen molar-refractivity contribution in [1.29, 1.82) is 0 Å². The zero-order chi connectivity index (χ0) is 15.2. The van der Waals surface area contributed by atoms with Crippen LogP contribution in [0.1, 0.15) is 30.8 Å². The van der Waals surface area contributed by atoms with Crippen LogP contribution in [0.3, 0.4) is 0 Å². The molecule has 1 unspecified atom stereocenters. The Balaban J connectivity index is 1.74. The highest BCUT2D eigenvalue weighted by molar-refractivity contribution is 5.77. The first-order valence-electron chi connectivity index (χ1n) is 7.76. The van der Waals surface area contributed by atoms with Gasteiger partial charge in [-0.05, 0) is 45.5 Å². The molecule has 1 aromatic heterocycles. The van der Waals surface area contributed by atoms with Crippen molar-refractivity contribution in [3.05, 3.63) is 23.7 Å². The van der Waals surface area contributed by atoms with E-state index in [0.29, 0.717) is 19.1 Å². The van der Waals surface area contributed by atoms with Crippen LogP contribution in [0.4, 0.5) is 0 Å². The quantitative estimate of drug-likeness (QED) is 0.866. The summed E-state index contributed by atoms with van der Waals surface area (Å²) in [5, 5.41) is 3.51. The summed E-state index contributed by atoms with van der Waals surface area (Å²) in [5.74, 6) is 1.84. The predicted octanol–water partition coefficient (Wildman–Crippen LogP) is 1.62. The lowest BCUT2D eigenvalue weighted by Crippen LogP contribution is -2.45. The Kier molecular flexibility index (Phi) is 5.82. The molecule has 0 spiro atoms. The fourth-order valence-corrected chi connectivity index (χ4v) is 2.76. The number of nitrogens with zero attached hydrogens (tertiary/aromatic N) is 2. The number of rotatable bonds is 6. The van der Waals surface area contributed by atoms with E-state index in [1.165, 1.54) is 19.3 Å². The number of carbonyl (C=O) groups excluding carboxylic acids is 1. The van der Waals surface area contributed by atoms with E-state index < -0.39 is 0 Å². The van der Waals surface area contributed by atoms with Crippen molar-refractivity contribution in [2.45, 2.75) is 38.8 Å². The summed E-state index contributed by atoms with van der Waals surface area (Å²) in [5.41, 5.74) is 0. The standard InChI is InChI=1S/C16H27N3O2/c1-13-7-8-15(21-13)11-19(3)16(20)12-18(2)10-14-6-4-5-9-17-14/h7-8,14,17H,4-6,9-12H2,1-3H3. The lowest BCUT2D eigenvalue weighted by atomic mass is 10.0. The van der Waals surface area contributed by atoms with Crippen molar-refractivity contribution in [1.82, 2.24) is 15.1 Å². The van der Waals surface area contributed by atoms with Gasteiger partial charge < -0.3 is 14.6 Å². The zero-order valence-corrected chi connectivity index (χ0v) is 13.4. The normalized spacial score (nSPS) is 19.0. The average Bonchev–Trinajstić information content (AvgIpc) is 2.85. The van der Waals surface area contributed by atoms with Crippen molar-refractivity contribution in [3.63, 3.8) is 0 Å². The largest absolute Gasteiger partial charge is 0.464 e. The molecule has 1 aliphatic heterocycles. The van der Waals surface area contributed by atoms with E-state index in [2.05, 4.69) is 10.2 Å². The molecular weight excluding hydrogens is 266 g/mol. The van der Waals surface area contributed by atoms with Crippen LogP contribution in [0.2, 0.25) is 0 Å². The van der Waals surface area contributed by atoms with Gasteiger partial charge in [0.1, 0.15) is 11.5 Å². The van der Waals surface area contributed by atoms with Gasteiger partial charge in [-0.3, -0.25) is 9.69 Å². The number of hydrogen-bond donors (Lipinski definition) is 1. The van der Waals surface area contributed by atoms with E-state index in [-0.39, 0.29) is 5.91 Å². The SMILES string of the molecule is Cc1ccc(CN(C)C(=O)CN(C)CC2CCCCN2)o1. The third-order valence-electron chi connectivity index (χ3n) is 3.96. The van der Waals surface area contributed by atoms with Gasteiger partial charge in [-0.25, -0.2) is 0 Å². The van der Waals surface area contributed by atoms with Crippen molar-refractivity contribution in [2.75, 3.05) is 33.7 Å². The second kappa shape index (κ2) is 7.61. The fourth-order valence-electron chi connectivity index (χ4n) is 2.76. The first-order valence-corrected chi connectivity index (χ1v) is 7.76. The Morgan fingerprint density at radius 2 is 2.19 bits per heavy atom. The zero-order valence-electron chi connectivity index (χ0n) is 13.4. The predicted molar refractivity (Wildman–Crippen MR) is 83.1 cm³/mol. The number of carbonyl (C=O) groups is 1. The van der Waals surface area contributed by atoms with Gasteiger partial charge in [0, 0.05) is 19.6 Å². The van der Waals surface area contributed by atoms with Gasteiger partial charge in [0.2, 0.25) is 5.91 Å². The smallest absolute Gasteiger partial charge is 0.236 e. The lowest BCUT2D eigenvalue weighted by molar-refractivity contribution is -0.131. The Labute approximate surface area is 127 Å². The molecule has 118 valence electrons. The molecule has 0 aliphatic carbocycles. The monoisotopic (exact) mass is 293 g/mol. The fraction of sp³-hybridized carbons (Fsp3) is 0.688. The molecule has 0 bridgehead atoms. The Morgan fingerprint density at radius 3 is 2.81 bits per heavy atom. The van der Waals surface area contributed by atoms with E-state index in [1.54, 1.807) is 4.90 Å². The molecule has 1 atom stereocenters. The molecule has 1 N–H and O–H groups in total. The highest BCUT2D eigenvalue weighted by Crippen LogP contribution is 2.10. The van der Waals surface area contributed by atoms with Crippen molar-refractivity contribution >= 4 is 5.91 Å². The van der Waals surface area contributed by atoms with Crippen LogP contribution in [0.25, 0.3) is 0 Å². The summed E-state index contributed by atoms with van der Waals surface area (Å²) in [6.07, 6.45) is 3.77. The van der Waals surface area contributed by atoms with Crippen LogP contribution in [-0.2, 0) is 11.3 Å². The number of furan rings is 1. The van der Waals surface area contributed by atoms with E-state index >= 15 is 0 Å². The first kappa shape index (κ1) is 16.0. The highest BCUT2D eigenvalue weighted by atomic mass is 16.3. The maximum atomic E-state index is 12.2. The molecule has 2 rings (SSSR count). The summed E-state index contributed by atoms with van der Waals surface area (Å²) in [4.78, 5) is 16.1. The van der Waals surface area contributed by atoms with Crippen LogP contribution in [0, 0.1) is 6.92 Å². The van der Waals surface area contributed by atoms with Gasteiger partial charge in [0.05, 0.1) is 13.1 Å². The number of nitrogens with one attached hydrogen (secondary N) is 1. The van der Waals surface area contributed by atoms with Crippen LogP contribution in [-0.4, -0.2) is 55.5 Å². The minimum absolute atomic E-state index is 0.127. The summed E-state index contributed by atoms with van der Waals surface area (Å²) >= 11 is 0. The first-order chi connectivity index (χ1) is 10.0. The highest BCUT2D eigenvalue weighted by Gasteiger charge is 2.18. The molecule has 1 aliphatic rings. The van der Waals surface area contributed by atoms with Gasteiger partial charge in [0.25, 0.3) is 0 Å². The Hall–Kier alpha value is -1.33. The summed E-state index contributed by atoms with van der Waals surface area (Å²) in [7, 11) is 3.84. The average molecular weight is 293 g/mol. The minimum atomic E-state index is 0.127. The molecule has 1 aromatic rings. The molecule has 1 saturated heterocycles. The Morgan fingerprint density at radius 1 is 1.38 bits per heavy atom. The Bertz CT molecular complexity index is 452. The maximum Gasteiger partial charge on any atom is 0.236 e. The molecule has 1 amide bonds. The summed E-state index contributed by atoms with van der Waals surface area (Å²) in [6.45, 7) is 4.93.